The van der Waals surface area contributed by atoms with Crippen molar-refractivity contribution >= 4 is 29.3 Å². The fourth-order valence-corrected chi connectivity index (χ4v) is 5.06. The quantitative estimate of drug-likeness (QED) is 0.321. The molecule has 0 amide bonds. The third-order valence-electron chi connectivity index (χ3n) is 4.50. The lowest BCUT2D eigenvalue weighted by Gasteiger charge is -2.14. The number of hydrogen-bond acceptors (Lipinski definition) is 6. The summed E-state index contributed by atoms with van der Waals surface area (Å²) in [5.74, 6) is 1.84. The number of Topliss-reactive ketones (excluding diaryl/α,β-unsaturated/α-hetero) is 1. The van der Waals surface area contributed by atoms with E-state index in [0.29, 0.717) is 22.2 Å². The van der Waals surface area contributed by atoms with E-state index in [-0.39, 0.29) is 17.1 Å². The summed E-state index contributed by atoms with van der Waals surface area (Å²) in [5.41, 5.74) is 2.13. The van der Waals surface area contributed by atoms with Gasteiger partial charge in [-0.2, -0.15) is 0 Å². The van der Waals surface area contributed by atoms with Crippen molar-refractivity contribution in [2.75, 3.05) is 18.1 Å². The van der Waals surface area contributed by atoms with Gasteiger partial charge in [-0.1, -0.05) is 42.1 Å². The van der Waals surface area contributed by atoms with Crippen LogP contribution in [0.4, 0.5) is 0 Å². The molecule has 0 N–H and O–H groups in total. The van der Waals surface area contributed by atoms with E-state index in [4.69, 9.17) is 9.72 Å². The molecule has 148 valence electrons. The molecule has 1 aliphatic rings. The highest BCUT2D eigenvalue weighted by atomic mass is 32.2. The summed E-state index contributed by atoms with van der Waals surface area (Å²) in [6, 6.07) is 16.6. The van der Waals surface area contributed by atoms with E-state index in [1.807, 2.05) is 49.4 Å². The molecule has 0 spiro atoms. The van der Waals surface area contributed by atoms with Crippen LogP contribution in [0, 0.1) is 0 Å². The van der Waals surface area contributed by atoms with Crippen molar-refractivity contribution in [3.63, 3.8) is 0 Å². The lowest BCUT2D eigenvalue weighted by molar-refractivity contribution is 0.102. The maximum atomic E-state index is 13.2. The van der Waals surface area contributed by atoms with Crippen molar-refractivity contribution < 1.29 is 9.53 Å². The minimum absolute atomic E-state index is 0.0120. The van der Waals surface area contributed by atoms with Crippen LogP contribution in [0.2, 0.25) is 0 Å². The number of ether oxygens (including phenoxy) is 1. The van der Waals surface area contributed by atoms with Crippen molar-refractivity contribution in [3.05, 3.63) is 76.2 Å². The molecule has 0 radical (unpaired) electrons. The predicted octanol–water partition coefficient (Wildman–Crippen LogP) is 4.25. The number of aromatic nitrogens is 2. The zero-order chi connectivity index (χ0) is 20.2. The van der Waals surface area contributed by atoms with Gasteiger partial charge in [0.15, 0.2) is 10.9 Å². The first-order valence-corrected chi connectivity index (χ1v) is 11.4. The van der Waals surface area contributed by atoms with Gasteiger partial charge in [0.2, 0.25) is 0 Å². The second kappa shape index (κ2) is 8.88. The van der Waals surface area contributed by atoms with Crippen LogP contribution in [-0.2, 0) is 6.42 Å². The van der Waals surface area contributed by atoms with E-state index in [1.165, 1.54) is 11.8 Å². The highest BCUT2D eigenvalue weighted by molar-refractivity contribution is 8.00. The van der Waals surface area contributed by atoms with E-state index in [0.717, 1.165) is 29.3 Å². The number of ketones is 1. The minimum atomic E-state index is -0.0729. The number of carbonyl (C=O) groups excluding carboxylic acids is 1. The van der Waals surface area contributed by atoms with Crippen molar-refractivity contribution in [2.45, 2.75) is 23.4 Å². The number of thioether (sulfide) groups is 2. The number of rotatable bonds is 7. The molecule has 29 heavy (non-hydrogen) atoms. The first kappa shape index (κ1) is 19.8. The molecule has 2 heterocycles. The second-order valence-corrected chi connectivity index (χ2v) is 8.46. The zero-order valence-electron chi connectivity index (χ0n) is 16.0. The van der Waals surface area contributed by atoms with Gasteiger partial charge in [0.25, 0.3) is 5.56 Å². The summed E-state index contributed by atoms with van der Waals surface area (Å²) >= 11 is 2.85. The molecule has 5 nitrogen and oxygen atoms in total. The van der Waals surface area contributed by atoms with Crippen LogP contribution in [-0.4, -0.2) is 33.4 Å². The van der Waals surface area contributed by atoms with Gasteiger partial charge in [-0.15, -0.1) is 11.8 Å². The van der Waals surface area contributed by atoms with Crippen LogP contribution >= 0.6 is 23.5 Å². The third-order valence-corrected chi connectivity index (χ3v) is 6.55. The molecule has 0 aliphatic carbocycles. The maximum Gasteiger partial charge on any atom is 0.272 e. The average molecular weight is 425 g/mol. The van der Waals surface area contributed by atoms with Gasteiger partial charge >= 0.3 is 0 Å². The van der Waals surface area contributed by atoms with Crippen molar-refractivity contribution in [1.82, 2.24) is 9.55 Å². The highest BCUT2D eigenvalue weighted by Gasteiger charge is 2.23. The number of aryl methyl sites for hydroxylation is 1. The Morgan fingerprint density at radius 3 is 2.66 bits per heavy atom. The molecule has 7 heteroatoms. The van der Waals surface area contributed by atoms with Crippen LogP contribution in [0.25, 0.3) is 5.69 Å². The largest absolute Gasteiger partial charge is 0.494 e. The summed E-state index contributed by atoms with van der Waals surface area (Å²) in [7, 11) is 0. The molecule has 1 aromatic heterocycles. The lowest BCUT2D eigenvalue weighted by Crippen LogP contribution is -2.24. The van der Waals surface area contributed by atoms with Gasteiger partial charge in [-0.05, 0) is 31.2 Å². The Balaban J connectivity index is 1.68. The molecule has 3 aromatic rings. The standard InChI is InChI=1S/C22H20N2O3S2/c1-2-27-17-10-8-16(9-11-17)24-21(26)20-18(12-13-28-20)23-22(24)29-14-19(25)15-6-4-3-5-7-15/h3-11H,2,12-14H2,1H3. The first-order chi connectivity index (χ1) is 14.2. The highest BCUT2D eigenvalue weighted by Crippen LogP contribution is 2.30. The van der Waals surface area contributed by atoms with Crippen LogP contribution in [0.1, 0.15) is 23.0 Å². The molecule has 4 rings (SSSR count). The summed E-state index contributed by atoms with van der Waals surface area (Å²) in [4.78, 5) is 31.2. The van der Waals surface area contributed by atoms with Crippen LogP contribution in [0.15, 0.2) is 69.4 Å². The number of benzene rings is 2. The van der Waals surface area contributed by atoms with Crippen LogP contribution in [0.5, 0.6) is 5.75 Å². The Labute approximate surface area is 177 Å². The van der Waals surface area contributed by atoms with E-state index in [2.05, 4.69) is 0 Å². The van der Waals surface area contributed by atoms with Gasteiger partial charge in [0.1, 0.15) is 5.75 Å². The number of fused-ring (bicyclic) bond motifs is 1. The van der Waals surface area contributed by atoms with Gasteiger partial charge in [0.05, 0.1) is 28.6 Å². The molecule has 0 saturated heterocycles. The topological polar surface area (TPSA) is 61.2 Å². The van der Waals surface area contributed by atoms with Crippen molar-refractivity contribution in [3.8, 4) is 11.4 Å². The summed E-state index contributed by atoms with van der Waals surface area (Å²) < 4.78 is 7.11. The van der Waals surface area contributed by atoms with E-state index in [1.54, 1.807) is 28.5 Å². The Kier molecular flexibility index (Phi) is 6.06. The monoisotopic (exact) mass is 424 g/mol. The average Bonchev–Trinajstić information content (AvgIpc) is 3.23. The minimum Gasteiger partial charge on any atom is -0.494 e. The number of nitrogens with zero attached hydrogens (tertiary/aromatic N) is 2. The number of hydrogen-bond donors (Lipinski definition) is 0. The van der Waals surface area contributed by atoms with Crippen LogP contribution < -0.4 is 10.3 Å². The molecule has 0 unspecified atom stereocenters. The van der Waals surface area contributed by atoms with E-state index < -0.39 is 0 Å². The predicted molar refractivity (Wildman–Crippen MR) is 117 cm³/mol. The second-order valence-electron chi connectivity index (χ2n) is 6.41. The third kappa shape index (κ3) is 4.26. The van der Waals surface area contributed by atoms with Crippen molar-refractivity contribution in [1.29, 1.82) is 0 Å². The summed E-state index contributed by atoms with van der Waals surface area (Å²) in [6.07, 6.45) is 0.777. The molecule has 0 saturated carbocycles. The molecule has 0 bridgehead atoms. The fourth-order valence-electron chi connectivity index (χ4n) is 3.11. The maximum absolute atomic E-state index is 13.2. The smallest absolute Gasteiger partial charge is 0.272 e. The summed E-state index contributed by atoms with van der Waals surface area (Å²) in [5, 5.41) is 0.546. The summed E-state index contributed by atoms with van der Waals surface area (Å²) in [6.45, 7) is 2.51. The first-order valence-electron chi connectivity index (χ1n) is 9.40. The Hall–Kier alpha value is -2.51. The molecule has 1 aliphatic heterocycles. The Morgan fingerprint density at radius 1 is 1.17 bits per heavy atom. The van der Waals surface area contributed by atoms with Crippen molar-refractivity contribution in [2.24, 2.45) is 0 Å². The van der Waals surface area contributed by atoms with Crippen LogP contribution in [0.3, 0.4) is 0 Å². The molecule has 0 fully saturated rings. The SMILES string of the molecule is CCOc1ccc(-n2c(SCC(=O)c3ccccc3)nc3c(c2=O)SCC3)cc1. The van der Waals surface area contributed by atoms with Gasteiger partial charge in [-0.25, -0.2) is 4.98 Å². The normalized spacial score (nSPS) is 12.6. The molecular weight excluding hydrogens is 404 g/mol. The molecule has 2 aromatic carbocycles. The number of carbonyl (C=O) groups is 1. The van der Waals surface area contributed by atoms with E-state index in [9.17, 15) is 9.59 Å². The van der Waals surface area contributed by atoms with E-state index >= 15 is 0 Å². The fraction of sp³-hybridized carbons (Fsp3) is 0.227. The lowest BCUT2D eigenvalue weighted by atomic mass is 10.2. The van der Waals surface area contributed by atoms with Gasteiger partial charge in [0, 0.05) is 17.7 Å². The molecular formula is C22H20N2O3S2. The zero-order valence-corrected chi connectivity index (χ0v) is 17.6. The van der Waals surface area contributed by atoms with Gasteiger partial charge in [-0.3, -0.25) is 14.2 Å². The van der Waals surface area contributed by atoms with Gasteiger partial charge < -0.3 is 4.74 Å². The Bertz CT molecular complexity index is 1080. The Morgan fingerprint density at radius 2 is 1.93 bits per heavy atom. The molecule has 0 atom stereocenters.